The highest BCUT2D eigenvalue weighted by Gasteiger charge is 2.36. The van der Waals surface area contributed by atoms with E-state index < -0.39 is 5.97 Å². The normalized spacial score (nSPS) is 27.0. The van der Waals surface area contributed by atoms with Crippen molar-refractivity contribution >= 4 is 11.9 Å². The molecule has 2 fully saturated rings. The molecule has 1 aliphatic carbocycles. The highest BCUT2D eigenvalue weighted by atomic mass is 16.4. The number of amides is 1. The Labute approximate surface area is 108 Å². The summed E-state index contributed by atoms with van der Waals surface area (Å²) in [5.74, 6) is 0.218. The quantitative estimate of drug-likeness (QED) is 0.765. The minimum absolute atomic E-state index is 0.180. The van der Waals surface area contributed by atoms with Crippen LogP contribution in [0.5, 0.6) is 0 Å². The third-order valence-electron chi connectivity index (χ3n) is 4.34. The maximum atomic E-state index is 12.2. The fraction of sp³-hybridized carbons (Fsp3) is 0.857. The Morgan fingerprint density at radius 2 is 1.78 bits per heavy atom. The van der Waals surface area contributed by atoms with Gasteiger partial charge in [0.2, 0.25) is 5.91 Å². The molecule has 1 heterocycles. The van der Waals surface area contributed by atoms with Crippen LogP contribution in [0.25, 0.3) is 0 Å². The molecule has 1 N–H and O–H groups in total. The average molecular weight is 253 g/mol. The Hall–Kier alpha value is -1.06. The number of carboxylic acid groups (broad SMARTS) is 1. The van der Waals surface area contributed by atoms with Gasteiger partial charge < -0.3 is 10.0 Å². The van der Waals surface area contributed by atoms with E-state index in [1.165, 1.54) is 25.7 Å². The molecule has 1 saturated carbocycles. The van der Waals surface area contributed by atoms with E-state index in [-0.39, 0.29) is 12.3 Å². The zero-order valence-corrected chi connectivity index (χ0v) is 10.9. The highest BCUT2D eigenvalue weighted by Crippen LogP contribution is 2.37. The van der Waals surface area contributed by atoms with Gasteiger partial charge in [0.05, 0.1) is 0 Å². The minimum Gasteiger partial charge on any atom is -0.481 e. The smallest absolute Gasteiger partial charge is 0.303 e. The lowest BCUT2D eigenvalue weighted by molar-refractivity contribution is -0.138. The first kappa shape index (κ1) is 13.4. The second-order valence-electron chi connectivity index (χ2n) is 5.59. The minimum atomic E-state index is -0.767. The number of fused-ring (bicyclic) bond motifs is 1. The third kappa shape index (κ3) is 3.24. The van der Waals surface area contributed by atoms with E-state index in [1.807, 2.05) is 0 Å². The van der Waals surface area contributed by atoms with Crippen LogP contribution in [0.15, 0.2) is 0 Å². The first-order valence-electron chi connectivity index (χ1n) is 7.20. The maximum absolute atomic E-state index is 12.2. The number of carbonyl (C=O) groups is 2. The predicted molar refractivity (Wildman–Crippen MR) is 68.2 cm³/mol. The van der Waals surface area contributed by atoms with Crippen LogP contribution in [0.2, 0.25) is 0 Å². The van der Waals surface area contributed by atoms with Crippen molar-refractivity contribution in [2.24, 2.45) is 5.92 Å². The molecule has 1 amide bonds. The van der Waals surface area contributed by atoms with E-state index in [1.54, 1.807) is 0 Å². The number of likely N-dealkylation sites (tertiary alicyclic amines) is 1. The van der Waals surface area contributed by atoms with Crippen LogP contribution in [-0.2, 0) is 9.59 Å². The van der Waals surface area contributed by atoms with Crippen molar-refractivity contribution in [3.05, 3.63) is 0 Å². The molecule has 4 nitrogen and oxygen atoms in total. The Balaban J connectivity index is 1.75. The number of rotatable bonds is 5. The van der Waals surface area contributed by atoms with Gasteiger partial charge in [-0.05, 0) is 44.4 Å². The Morgan fingerprint density at radius 3 is 2.56 bits per heavy atom. The Bertz CT molecular complexity index is 316. The zero-order chi connectivity index (χ0) is 13.0. The van der Waals surface area contributed by atoms with Gasteiger partial charge >= 0.3 is 5.97 Å². The van der Waals surface area contributed by atoms with Crippen molar-refractivity contribution in [3.8, 4) is 0 Å². The fourth-order valence-electron chi connectivity index (χ4n) is 3.46. The van der Waals surface area contributed by atoms with Crippen molar-refractivity contribution < 1.29 is 14.7 Å². The molecule has 2 aliphatic rings. The van der Waals surface area contributed by atoms with Gasteiger partial charge in [-0.25, -0.2) is 0 Å². The number of nitrogens with zero attached hydrogens (tertiary/aromatic N) is 1. The molecule has 0 spiro atoms. The molecular formula is C14H23NO3. The SMILES string of the molecule is O=C(O)CCCCC(=O)N1CCCC2CCCC21. The van der Waals surface area contributed by atoms with Gasteiger partial charge in [0.25, 0.3) is 0 Å². The van der Waals surface area contributed by atoms with Crippen molar-refractivity contribution in [1.29, 1.82) is 0 Å². The second-order valence-corrected chi connectivity index (χ2v) is 5.59. The fourth-order valence-corrected chi connectivity index (χ4v) is 3.46. The van der Waals surface area contributed by atoms with Gasteiger partial charge in [-0.2, -0.15) is 0 Å². The van der Waals surface area contributed by atoms with Gasteiger partial charge in [-0.15, -0.1) is 0 Å². The van der Waals surface area contributed by atoms with E-state index in [9.17, 15) is 9.59 Å². The molecule has 0 aromatic rings. The molecular weight excluding hydrogens is 230 g/mol. The van der Waals surface area contributed by atoms with Gasteiger partial charge in [-0.1, -0.05) is 6.42 Å². The number of aliphatic carboxylic acids is 1. The maximum Gasteiger partial charge on any atom is 0.303 e. The lowest BCUT2D eigenvalue weighted by Gasteiger charge is -2.38. The topological polar surface area (TPSA) is 57.6 Å². The molecule has 1 aliphatic heterocycles. The molecule has 0 bridgehead atoms. The van der Waals surface area contributed by atoms with E-state index in [2.05, 4.69) is 4.90 Å². The van der Waals surface area contributed by atoms with Gasteiger partial charge in [0, 0.05) is 25.4 Å². The van der Waals surface area contributed by atoms with Crippen LogP contribution in [-0.4, -0.2) is 34.5 Å². The van der Waals surface area contributed by atoms with Crippen molar-refractivity contribution in [2.45, 2.75) is 63.8 Å². The van der Waals surface area contributed by atoms with Crippen LogP contribution in [0, 0.1) is 5.92 Å². The van der Waals surface area contributed by atoms with Gasteiger partial charge in [0.15, 0.2) is 0 Å². The van der Waals surface area contributed by atoms with Crippen LogP contribution >= 0.6 is 0 Å². The van der Waals surface area contributed by atoms with E-state index in [0.29, 0.717) is 25.3 Å². The number of carbonyl (C=O) groups excluding carboxylic acids is 1. The second kappa shape index (κ2) is 6.21. The van der Waals surface area contributed by atoms with E-state index in [4.69, 9.17) is 5.11 Å². The molecule has 1 saturated heterocycles. The van der Waals surface area contributed by atoms with Crippen LogP contribution in [0.3, 0.4) is 0 Å². The average Bonchev–Trinajstić information content (AvgIpc) is 2.82. The molecule has 2 unspecified atom stereocenters. The molecule has 102 valence electrons. The number of hydrogen-bond acceptors (Lipinski definition) is 2. The summed E-state index contributed by atoms with van der Waals surface area (Å²) in [4.78, 5) is 24.6. The van der Waals surface area contributed by atoms with Gasteiger partial charge in [-0.3, -0.25) is 9.59 Å². The Morgan fingerprint density at radius 1 is 1.06 bits per heavy atom. The number of hydrogen-bond donors (Lipinski definition) is 1. The lowest BCUT2D eigenvalue weighted by Crippen LogP contribution is -2.46. The monoisotopic (exact) mass is 253 g/mol. The highest BCUT2D eigenvalue weighted by molar-refractivity contribution is 5.76. The predicted octanol–water partition coefficient (Wildman–Crippen LogP) is 2.42. The molecule has 2 rings (SSSR count). The summed E-state index contributed by atoms with van der Waals surface area (Å²) in [7, 11) is 0. The third-order valence-corrected chi connectivity index (χ3v) is 4.34. The largest absolute Gasteiger partial charge is 0.481 e. The summed E-state index contributed by atoms with van der Waals surface area (Å²) in [6.45, 7) is 0.916. The number of piperidine rings is 1. The molecule has 18 heavy (non-hydrogen) atoms. The van der Waals surface area contributed by atoms with Crippen molar-refractivity contribution in [2.75, 3.05) is 6.54 Å². The number of unbranched alkanes of at least 4 members (excludes halogenated alkanes) is 1. The van der Waals surface area contributed by atoms with E-state index in [0.717, 1.165) is 18.9 Å². The molecule has 4 heteroatoms. The van der Waals surface area contributed by atoms with Crippen LogP contribution < -0.4 is 0 Å². The van der Waals surface area contributed by atoms with Crippen molar-refractivity contribution in [3.63, 3.8) is 0 Å². The molecule has 0 aromatic heterocycles. The summed E-state index contributed by atoms with van der Waals surface area (Å²) < 4.78 is 0. The molecule has 2 atom stereocenters. The lowest BCUT2D eigenvalue weighted by atomic mass is 9.91. The van der Waals surface area contributed by atoms with Crippen molar-refractivity contribution in [1.82, 2.24) is 4.90 Å². The number of carboxylic acids is 1. The van der Waals surface area contributed by atoms with Crippen LogP contribution in [0.4, 0.5) is 0 Å². The molecule has 0 radical (unpaired) electrons. The van der Waals surface area contributed by atoms with Gasteiger partial charge in [0.1, 0.15) is 0 Å². The summed E-state index contributed by atoms with van der Waals surface area (Å²) in [6.07, 6.45) is 8.17. The van der Waals surface area contributed by atoms with Crippen LogP contribution in [0.1, 0.15) is 57.8 Å². The summed E-state index contributed by atoms with van der Waals surface area (Å²) >= 11 is 0. The summed E-state index contributed by atoms with van der Waals surface area (Å²) in [6, 6.07) is 0.491. The summed E-state index contributed by atoms with van der Waals surface area (Å²) in [5.41, 5.74) is 0. The molecule has 0 aromatic carbocycles. The zero-order valence-electron chi connectivity index (χ0n) is 10.9. The van der Waals surface area contributed by atoms with E-state index >= 15 is 0 Å². The summed E-state index contributed by atoms with van der Waals surface area (Å²) in [5, 5.41) is 8.56. The standard InChI is InChI=1S/C14H23NO3/c16-13(8-1-2-9-14(17)18)15-10-4-6-11-5-3-7-12(11)15/h11-12H,1-10H2,(H,17,18). The Kier molecular flexibility index (Phi) is 4.61. The first-order chi connectivity index (χ1) is 8.68. The first-order valence-corrected chi connectivity index (χ1v) is 7.20.